The van der Waals surface area contributed by atoms with Crippen molar-refractivity contribution in [2.24, 2.45) is 0 Å². The molecule has 0 saturated carbocycles. The average Bonchev–Trinajstić information content (AvgIpc) is 2.90. The number of pyridine rings is 1. The average molecular weight is 562 g/mol. The topological polar surface area (TPSA) is 110 Å². The van der Waals surface area contributed by atoms with Crippen molar-refractivity contribution in [3.05, 3.63) is 77.0 Å². The second-order valence-electron chi connectivity index (χ2n) is 9.49. The molecule has 1 fully saturated rings. The van der Waals surface area contributed by atoms with Gasteiger partial charge in [-0.25, -0.2) is 4.98 Å². The van der Waals surface area contributed by atoms with Crippen LogP contribution in [0.4, 0.5) is 44.8 Å². The van der Waals surface area contributed by atoms with Crippen LogP contribution in [0.2, 0.25) is 0 Å². The fourth-order valence-corrected chi connectivity index (χ4v) is 4.32. The molecule has 0 bridgehead atoms. The number of nitrogens with zero attached hydrogens (tertiary/aromatic N) is 3. The van der Waals surface area contributed by atoms with E-state index in [9.17, 15) is 26.7 Å². The van der Waals surface area contributed by atoms with Gasteiger partial charge in [-0.15, -0.1) is 0 Å². The van der Waals surface area contributed by atoms with Crippen LogP contribution in [-0.4, -0.2) is 66.3 Å². The fraction of sp³-hybridized carbons (Fsp3) is 0.296. The summed E-state index contributed by atoms with van der Waals surface area (Å²) in [4.78, 5) is 21.2. The van der Waals surface area contributed by atoms with Gasteiger partial charge in [0.25, 0.3) is 5.91 Å². The molecular weight excluding hydrogens is 533 g/mol. The van der Waals surface area contributed by atoms with E-state index in [1.807, 2.05) is 11.9 Å². The second-order valence-corrected chi connectivity index (χ2v) is 9.49. The van der Waals surface area contributed by atoms with Gasteiger partial charge in [0, 0.05) is 73.3 Å². The Morgan fingerprint density at radius 1 is 1.05 bits per heavy atom. The molecule has 1 saturated heterocycles. The first-order valence-electron chi connectivity index (χ1n) is 12.3. The van der Waals surface area contributed by atoms with Gasteiger partial charge in [-0.2, -0.15) is 22.0 Å². The SMILES string of the molecule is CN1CCN(Cc2cc(NC(=O)c3cccnc3Nc3ccc(C=N)c(N)c3)ccc2C(F)(F)C(F)(F)F)CC1. The number of likely N-dealkylation sites (N-methyl/N-ethyl adjacent to an activating group) is 1. The molecule has 5 N–H and O–H groups in total. The van der Waals surface area contributed by atoms with Crippen molar-refractivity contribution < 1.29 is 26.7 Å². The maximum absolute atomic E-state index is 14.5. The van der Waals surface area contributed by atoms with Gasteiger partial charge in [-0.3, -0.25) is 9.69 Å². The summed E-state index contributed by atoms with van der Waals surface area (Å²) < 4.78 is 68.8. The van der Waals surface area contributed by atoms with Gasteiger partial charge in [-0.1, -0.05) is 6.07 Å². The maximum Gasteiger partial charge on any atom is 0.458 e. The summed E-state index contributed by atoms with van der Waals surface area (Å²) in [5.74, 6) is -5.55. The first kappa shape index (κ1) is 28.9. The first-order valence-corrected chi connectivity index (χ1v) is 12.3. The predicted octanol–water partition coefficient (Wildman–Crippen LogP) is 5.06. The Balaban J connectivity index is 1.61. The molecule has 8 nitrogen and oxygen atoms in total. The third kappa shape index (κ3) is 6.37. The molecular formula is C27H28F5N7O. The number of nitrogens with one attached hydrogen (secondary N) is 3. The Bertz CT molecular complexity index is 1390. The fourth-order valence-electron chi connectivity index (χ4n) is 4.32. The molecule has 0 aliphatic carbocycles. The molecule has 0 unspecified atom stereocenters. The minimum atomic E-state index is -5.77. The van der Waals surface area contributed by atoms with E-state index in [1.165, 1.54) is 18.3 Å². The number of amides is 1. The van der Waals surface area contributed by atoms with Crippen LogP contribution in [0, 0.1) is 5.41 Å². The summed E-state index contributed by atoms with van der Waals surface area (Å²) in [6, 6.07) is 10.7. The van der Waals surface area contributed by atoms with E-state index >= 15 is 0 Å². The number of benzene rings is 2. The van der Waals surface area contributed by atoms with Crippen molar-refractivity contribution >= 4 is 35.0 Å². The van der Waals surface area contributed by atoms with E-state index in [2.05, 4.69) is 15.6 Å². The van der Waals surface area contributed by atoms with Crippen LogP contribution in [0.1, 0.15) is 27.0 Å². The highest BCUT2D eigenvalue weighted by Gasteiger charge is 2.59. The van der Waals surface area contributed by atoms with Crippen LogP contribution < -0.4 is 16.4 Å². The number of aromatic nitrogens is 1. The molecule has 1 aliphatic heterocycles. The lowest BCUT2D eigenvalue weighted by molar-refractivity contribution is -0.289. The minimum Gasteiger partial charge on any atom is -0.398 e. The van der Waals surface area contributed by atoms with Crippen molar-refractivity contribution in [2.45, 2.75) is 18.6 Å². The molecule has 1 aliphatic rings. The smallest absolute Gasteiger partial charge is 0.398 e. The van der Waals surface area contributed by atoms with E-state index in [4.69, 9.17) is 11.1 Å². The Kier molecular flexibility index (Phi) is 8.35. The highest BCUT2D eigenvalue weighted by atomic mass is 19.4. The monoisotopic (exact) mass is 561 g/mol. The number of hydrogen-bond acceptors (Lipinski definition) is 7. The van der Waals surface area contributed by atoms with Gasteiger partial charge in [0.05, 0.1) is 5.56 Å². The van der Waals surface area contributed by atoms with E-state index < -0.39 is 23.6 Å². The van der Waals surface area contributed by atoms with Gasteiger partial charge in [0.2, 0.25) is 0 Å². The quantitative estimate of drug-likeness (QED) is 0.174. The standard InChI is InChI=1S/C27H28F5N7O/c1-38-9-11-39(12-10-38)16-18-13-19(6-7-22(18)26(28,29)27(30,31)32)37-25(40)21-3-2-8-35-24(21)36-20-5-4-17(15-33)23(34)14-20/h2-8,13-15,33H,9-12,16,34H2,1H3,(H,35,36)(H,37,40). The number of piperazine rings is 1. The number of anilines is 4. The summed E-state index contributed by atoms with van der Waals surface area (Å²) in [5.41, 5.74) is 6.06. The lowest BCUT2D eigenvalue weighted by Crippen LogP contribution is -2.44. The van der Waals surface area contributed by atoms with Crippen LogP contribution in [0.25, 0.3) is 0 Å². The number of hydrogen-bond donors (Lipinski definition) is 4. The summed E-state index contributed by atoms with van der Waals surface area (Å²) in [5, 5.41) is 12.9. The molecule has 0 spiro atoms. The van der Waals surface area contributed by atoms with Crippen LogP contribution in [0.5, 0.6) is 0 Å². The summed E-state index contributed by atoms with van der Waals surface area (Å²) in [7, 11) is 1.90. The van der Waals surface area contributed by atoms with Crippen molar-refractivity contribution in [3.8, 4) is 0 Å². The summed E-state index contributed by atoms with van der Waals surface area (Å²) in [6.07, 6.45) is -3.21. The van der Waals surface area contributed by atoms with E-state index in [1.54, 1.807) is 23.1 Å². The third-order valence-corrected chi connectivity index (χ3v) is 6.60. The van der Waals surface area contributed by atoms with Crippen molar-refractivity contribution in [2.75, 3.05) is 49.6 Å². The zero-order valence-electron chi connectivity index (χ0n) is 21.5. The number of alkyl halides is 5. The van der Waals surface area contributed by atoms with Crippen LogP contribution in [-0.2, 0) is 12.5 Å². The number of nitrogen functional groups attached to an aromatic ring is 1. The molecule has 0 atom stereocenters. The van der Waals surface area contributed by atoms with Gasteiger partial charge >= 0.3 is 12.1 Å². The predicted molar refractivity (Wildman–Crippen MR) is 143 cm³/mol. The Morgan fingerprint density at radius 3 is 2.40 bits per heavy atom. The van der Waals surface area contributed by atoms with Gasteiger partial charge in [0.1, 0.15) is 5.82 Å². The Morgan fingerprint density at radius 2 is 1.75 bits per heavy atom. The largest absolute Gasteiger partial charge is 0.458 e. The Labute approximate surface area is 227 Å². The molecule has 40 heavy (non-hydrogen) atoms. The van der Waals surface area contributed by atoms with Crippen LogP contribution in [0.3, 0.4) is 0 Å². The van der Waals surface area contributed by atoms with Crippen LogP contribution >= 0.6 is 0 Å². The summed E-state index contributed by atoms with van der Waals surface area (Å²) >= 11 is 0. The number of nitrogens with two attached hydrogens (primary N) is 1. The highest BCUT2D eigenvalue weighted by molar-refractivity contribution is 6.08. The van der Waals surface area contributed by atoms with Gasteiger partial charge in [-0.05, 0) is 55.1 Å². The molecule has 4 rings (SSSR count). The zero-order valence-corrected chi connectivity index (χ0v) is 21.5. The van der Waals surface area contributed by atoms with E-state index in [-0.39, 0.29) is 29.2 Å². The molecule has 13 heteroatoms. The van der Waals surface area contributed by atoms with E-state index in [0.29, 0.717) is 49.2 Å². The second kappa shape index (κ2) is 11.6. The lowest BCUT2D eigenvalue weighted by Gasteiger charge is -2.33. The third-order valence-electron chi connectivity index (χ3n) is 6.60. The minimum absolute atomic E-state index is 0.0604. The normalized spacial score (nSPS) is 15.1. The number of carbonyl (C=O) groups excluding carboxylic acids is 1. The number of halogens is 5. The maximum atomic E-state index is 14.5. The summed E-state index contributed by atoms with van der Waals surface area (Å²) in [6.45, 7) is 2.16. The molecule has 1 amide bonds. The molecule has 212 valence electrons. The van der Waals surface area contributed by atoms with Crippen molar-refractivity contribution in [1.29, 1.82) is 5.41 Å². The molecule has 0 radical (unpaired) electrons. The molecule has 2 aromatic carbocycles. The van der Waals surface area contributed by atoms with Crippen molar-refractivity contribution in [1.82, 2.24) is 14.8 Å². The van der Waals surface area contributed by atoms with Gasteiger partial charge in [0.15, 0.2) is 0 Å². The Hall–Kier alpha value is -4.10. The molecule has 3 aromatic rings. The van der Waals surface area contributed by atoms with E-state index in [0.717, 1.165) is 18.3 Å². The van der Waals surface area contributed by atoms with Gasteiger partial charge < -0.3 is 26.7 Å². The zero-order chi connectivity index (χ0) is 29.1. The van der Waals surface area contributed by atoms with Crippen molar-refractivity contribution in [3.63, 3.8) is 0 Å². The molecule has 1 aromatic heterocycles. The first-order chi connectivity index (χ1) is 18.9. The molecule has 2 heterocycles. The number of carbonyl (C=O) groups is 1. The van der Waals surface area contributed by atoms with Crippen LogP contribution in [0.15, 0.2) is 54.7 Å². The number of rotatable bonds is 8. The highest BCUT2D eigenvalue weighted by Crippen LogP contribution is 2.45. The lowest BCUT2D eigenvalue weighted by atomic mass is 9.99.